The van der Waals surface area contributed by atoms with Crippen molar-refractivity contribution >= 4 is 56.4 Å². The van der Waals surface area contributed by atoms with Crippen molar-refractivity contribution in [3.05, 3.63) is 69.5 Å². The van der Waals surface area contributed by atoms with Gasteiger partial charge in [-0.15, -0.1) is 11.3 Å². The Morgan fingerprint density at radius 2 is 2.10 bits per heavy atom. The van der Waals surface area contributed by atoms with Crippen molar-refractivity contribution in [3.63, 3.8) is 0 Å². The van der Waals surface area contributed by atoms with E-state index in [1.54, 1.807) is 29.5 Å². The summed E-state index contributed by atoms with van der Waals surface area (Å²) in [6, 6.07) is 14.8. The van der Waals surface area contributed by atoms with E-state index in [1.807, 2.05) is 37.3 Å². The minimum Gasteiger partial charge on any atom is -0.482 e. The lowest BCUT2D eigenvalue weighted by Crippen LogP contribution is -2.25. The fraction of sp³-hybridized carbons (Fsp3) is 0.190. The average molecular weight is 489 g/mol. The maximum atomic E-state index is 13.5. The number of alkyl halides is 1. The van der Waals surface area contributed by atoms with Crippen LogP contribution in [-0.4, -0.2) is 23.3 Å². The Hall–Kier alpha value is -2.16. The number of ether oxygens (including phenoxy) is 1. The van der Waals surface area contributed by atoms with Crippen LogP contribution in [0, 0.1) is 6.92 Å². The Bertz CT molecular complexity index is 1070. The highest BCUT2D eigenvalue weighted by Gasteiger charge is 2.27. The van der Waals surface area contributed by atoms with Gasteiger partial charge in [-0.05, 0) is 30.7 Å². The lowest BCUT2D eigenvalue weighted by atomic mass is 10.0. The number of aryl methyl sites for hydroxylation is 1. The normalized spacial score (nSPS) is 13.9. The molecule has 1 aliphatic rings. The molecular formula is C21H17BrN2O3S2. The van der Waals surface area contributed by atoms with Gasteiger partial charge in [-0.2, -0.15) is 0 Å². The van der Waals surface area contributed by atoms with Gasteiger partial charge in [0.25, 0.3) is 5.91 Å². The fourth-order valence-electron chi connectivity index (χ4n) is 3.03. The van der Waals surface area contributed by atoms with Crippen LogP contribution in [0.25, 0.3) is 0 Å². The van der Waals surface area contributed by atoms with E-state index in [0.717, 1.165) is 20.5 Å². The number of anilines is 1. The Balaban J connectivity index is 1.70. The second kappa shape index (κ2) is 8.69. The zero-order valence-electron chi connectivity index (χ0n) is 15.5. The summed E-state index contributed by atoms with van der Waals surface area (Å²) in [6.45, 7) is 1.95. The Morgan fingerprint density at radius 1 is 1.31 bits per heavy atom. The third-order valence-electron chi connectivity index (χ3n) is 4.36. The summed E-state index contributed by atoms with van der Waals surface area (Å²) in [5, 5.41) is 4.84. The number of amides is 1. The predicted molar refractivity (Wildman–Crippen MR) is 119 cm³/mol. The van der Waals surface area contributed by atoms with Gasteiger partial charge in [-0.25, -0.2) is 4.98 Å². The molecule has 3 aromatic rings. The van der Waals surface area contributed by atoms with Crippen LogP contribution < -0.4 is 10.1 Å². The standard InChI is InChI=1S/C21H17BrN2O3S2/c1-12-23-21(17(10-22)28-12)29-20(13-5-3-2-4-6-13)19(26)14-7-8-16-15(9-14)24-18(25)11-27-16/h2-9,20H,10-11H2,1H3,(H,24,25). The highest BCUT2D eigenvalue weighted by molar-refractivity contribution is 9.08. The van der Waals surface area contributed by atoms with Crippen molar-refractivity contribution in [2.45, 2.75) is 22.5 Å². The number of hydrogen-bond donors (Lipinski definition) is 1. The van der Waals surface area contributed by atoms with Crippen molar-refractivity contribution in [2.24, 2.45) is 0 Å². The maximum absolute atomic E-state index is 13.5. The maximum Gasteiger partial charge on any atom is 0.262 e. The summed E-state index contributed by atoms with van der Waals surface area (Å²) in [6.07, 6.45) is 0. The molecule has 5 nitrogen and oxygen atoms in total. The first-order valence-electron chi connectivity index (χ1n) is 8.90. The molecule has 1 unspecified atom stereocenters. The van der Waals surface area contributed by atoms with E-state index in [2.05, 4.69) is 26.2 Å². The number of ketones is 1. The molecule has 1 aliphatic heterocycles. The van der Waals surface area contributed by atoms with Crippen LogP contribution in [0.3, 0.4) is 0 Å². The van der Waals surface area contributed by atoms with Gasteiger partial charge in [0.2, 0.25) is 0 Å². The van der Waals surface area contributed by atoms with Gasteiger partial charge in [0.15, 0.2) is 12.4 Å². The highest BCUT2D eigenvalue weighted by atomic mass is 79.9. The third kappa shape index (κ3) is 4.39. The molecule has 1 N–H and O–H groups in total. The molecule has 0 fully saturated rings. The molecule has 0 bridgehead atoms. The SMILES string of the molecule is Cc1nc(SC(C(=O)c2ccc3c(c2)NC(=O)CO3)c2ccccc2)c(CBr)s1. The van der Waals surface area contributed by atoms with Gasteiger partial charge in [0.05, 0.1) is 15.9 Å². The summed E-state index contributed by atoms with van der Waals surface area (Å²) >= 11 is 6.59. The first-order chi connectivity index (χ1) is 14.0. The van der Waals surface area contributed by atoms with Crippen molar-refractivity contribution in [1.82, 2.24) is 4.98 Å². The number of nitrogens with zero attached hydrogens (tertiary/aromatic N) is 1. The number of hydrogen-bond acceptors (Lipinski definition) is 6. The van der Waals surface area contributed by atoms with Gasteiger partial charge in [0.1, 0.15) is 10.8 Å². The number of thioether (sulfide) groups is 1. The first kappa shape index (κ1) is 20.1. The van der Waals surface area contributed by atoms with E-state index in [4.69, 9.17) is 4.74 Å². The molecule has 2 heterocycles. The van der Waals surface area contributed by atoms with Crippen molar-refractivity contribution in [3.8, 4) is 5.75 Å². The number of fused-ring (bicyclic) bond motifs is 1. The average Bonchev–Trinajstić information content (AvgIpc) is 3.11. The molecule has 0 saturated carbocycles. The molecule has 29 heavy (non-hydrogen) atoms. The molecule has 0 aliphatic carbocycles. The van der Waals surface area contributed by atoms with Crippen LogP contribution in [0.2, 0.25) is 0 Å². The minimum atomic E-state index is -0.450. The summed E-state index contributed by atoms with van der Waals surface area (Å²) in [7, 11) is 0. The Morgan fingerprint density at radius 3 is 2.86 bits per heavy atom. The lowest BCUT2D eigenvalue weighted by molar-refractivity contribution is -0.118. The van der Waals surface area contributed by atoms with Crippen molar-refractivity contribution in [2.75, 3.05) is 11.9 Å². The predicted octanol–water partition coefficient (Wildman–Crippen LogP) is 5.39. The molecule has 0 radical (unpaired) electrons. The van der Waals surface area contributed by atoms with Crippen LogP contribution in [0.5, 0.6) is 5.75 Å². The van der Waals surface area contributed by atoms with E-state index in [0.29, 0.717) is 22.3 Å². The fourth-order valence-corrected chi connectivity index (χ4v) is 5.98. The third-order valence-corrected chi connectivity index (χ3v) is 7.67. The van der Waals surface area contributed by atoms with Gasteiger partial charge in [-0.3, -0.25) is 9.59 Å². The molecule has 148 valence electrons. The second-order valence-electron chi connectivity index (χ2n) is 6.42. The zero-order chi connectivity index (χ0) is 20.4. The van der Waals surface area contributed by atoms with Crippen LogP contribution in [0.15, 0.2) is 53.6 Å². The van der Waals surface area contributed by atoms with Crippen LogP contribution in [0.4, 0.5) is 5.69 Å². The number of nitrogens with one attached hydrogen (secondary N) is 1. The molecule has 8 heteroatoms. The minimum absolute atomic E-state index is 0.0126. The van der Waals surface area contributed by atoms with E-state index < -0.39 is 5.25 Å². The molecule has 4 rings (SSSR count). The van der Waals surface area contributed by atoms with Crippen LogP contribution >= 0.6 is 39.0 Å². The Labute approximate surface area is 185 Å². The van der Waals surface area contributed by atoms with Crippen LogP contribution in [0.1, 0.15) is 31.1 Å². The Kier molecular flexibility index (Phi) is 6.03. The van der Waals surface area contributed by atoms with Crippen LogP contribution in [-0.2, 0) is 10.1 Å². The molecular weight excluding hydrogens is 472 g/mol. The number of carbonyl (C=O) groups is 2. The van der Waals surface area contributed by atoms with Gasteiger partial charge < -0.3 is 10.1 Å². The van der Waals surface area contributed by atoms with E-state index in [1.165, 1.54) is 11.8 Å². The second-order valence-corrected chi connectivity index (χ2v) is 9.36. The smallest absolute Gasteiger partial charge is 0.262 e. The molecule has 1 aromatic heterocycles. The largest absolute Gasteiger partial charge is 0.482 e. The molecule has 0 spiro atoms. The zero-order valence-corrected chi connectivity index (χ0v) is 18.7. The number of benzene rings is 2. The number of thiazole rings is 1. The van der Waals surface area contributed by atoms with Crippen molar-refractivity contribution in [1.29, 1.82) is 0 Å². The summed E-state index contributed by atoms with van der Waals surface area (Å²) in [5.41, 5.74) is 1.95. The monoisotopic (exact) mass is 488 g/mol. The van der Waals surface area contributed by atoms with Gasteiger partial charge >= 0.3 is 0 Å². The molecule has 1 atom stereocenters. The summed E-state index contributed by atoms with van der Waals surface area (Å²) < 4.78 is 5.40. The van der Waals surface area contributed by atoms with Gasteiger partial charge in [-0.1, -0.05) is 58.0 Å². The molecule has 0 saturated heterocycles. The number of aromatic nitrogens is 1. The number of Topliss-reactive ketones (excluding diaryl/α,β-unsaturated/α-hetero) is 1. The molecule has 1 amide bonds. The topological polar surface area (TPSA) is 68.3 Å². The van der Waals surface area contributed by atoms with Crippen molar-refractivity contribution < 1.29 is 14.3 Å². The summed E-state index contributed by atoms with van der Waals surface area (Å²) in [4.78, 5) is 30.9. The quantitative estimate of drug-likeness (QED) is 0.286. The number of rotatable bonds is 6. The van der Waals surface area contributed by atoms with E-state index in [9.17, 15) is 9.59 Å². The number of halogens is 1. The summed E-state index contributed by atoms with van der Waals surface area (Å²) in [5.74, 6) is 0.299. The lowest BCUT2D eigenvalue weighted by Gasteiger charge is -2.20. The molecule has 2 aromatic carbocycles. The van der Waals surface area contributed by atoms with E-state index in [-0.39, 0.29) is 18.3 Å². The number of carbonyl (C=O) groups excluding carboxylic acids is 2. The first-order valence-corrected chi connectivity index (χ1v) is 11.7. The van der Waals surface area contributed by atoms with Gasteiger partial charge in [0, 0.05) is 15.8 Å². The highest BCUT2D eigenvalue weighted by Crippen LogP contribution is 2.41. The van der Waals surface area contributed by atoms with E-state index >= 15 is 0 Å².